The Labute approximate surface area is 165 Å². The molecule has 0 radical (unpaired) electrons. The van der Waals surface area contributed by atoms with E-state index in [1.54, 1.807) is 0 Å². The highest BCUT2D eigenvalue weighted by molar-refractivity contribution is 5.86. The molecule has 0 aliphatic carbocycles. The standard InChI is InChI=1S/C24H25N3O/c1-17-20-9-4-5-10-22(20)26-18(2)21(17)16-24(28)25-13-7-14-27-15-12-19-8-3-6-11-23(19)27/h3-6,8-12,15H,7,13-14,16H2,1-2H3,(H,25,28). The summed E-state index contributed by atoms with van der Waals surface area (Å²) in [6.45, 7) is 5.63. The monoisotopic (exact) mass is 371 g/mol. The number of aryl methyl sites for hydroxylation is 3. The van der Waals surface area contributed by atoms with Gasteiger partial charge in [-0.05, 0) is 55.0 Å². The van der Waals surface area contributed by atoms with Crippen LogP contribution in [0.4, 0.5) is 0 Å². The summed E-state index contributed by atoms with van der Waals surface area (Å²) in [5.74, 6) is 0.0562. The molecular formula is C24H25N3O. The lowest BCUT2D eigenvalue weighted by molar-refractivity contribution is -0.120. The van der Waals surface area contributed by atoms with Crippen LogP contribution in [0, 0.1) is 13.8 Å². The number of rotatable bonds is 6. The van der Waals surface area contributed by atoms with Crippen LogP contribution in [0.25, 0.3) is 21.8 Å². The third-order valence-electron chi connectivity index (χ3n) is 5.40. The van der Waals surface area contributed by atoms with Gasteiger partial charge in [0.1, 0.15) is 0 Å². The summed E-state index contributed by atoms with van der Waals surface area (Å²) in [5.41, 5.74) is 5.35. The molecule has 2 aromatic heterocycles. The average Bonchev–Trinajstić information content (AvgIpc) is 3.12. The lowest BCUT2D eigenvalue weighted by atomic mass is 9.99. The van der Waals surface area contributed by atoms with Gasteiger partial charge in [0, 0.05) is 35.9 Å². The molecule has 2 aromatic carbocycles. The Morgan fingerprint density at radius 3 is 2.71 bits per heavy atom. The second-order valence-corrected chi connectivity index (χ2v) is 7.27. The number of fused-ring (bicyclic) bond motifs is 2. The van der Waals surface area contributed by atoms with E-state index in [1.165, 1.54) is 10.9 Å². The van der Waals surface area contributed by atoms with Crippen LogP contribution in [0.15, 0.2) is 60.8 Å². The van der Waals surface area contributed by atoms with Crippen LogP contribution in [-0.2, 0) is 17.8 Å². The van der Waals surface area contributed by atoms with Crippen molar-refractivity contribution in [1.82, 2.24) is 14.9 Å². The molecule has 0 spiro atoms. The second kappa shape index (κ2) is 7.85. The molecule has 4 aromatic rings. The fourth-order valence-electron chi connectivity index (χ4n) is 3.87. The number of hydrogen-bond acceptors (Lipinski definition) is 2. The number of benzene rings is 2. The third kappa shape index (κ3) is 3.63. The minimum absolute atomic E-state index is 0.0562. The first kappa shape index (κ1) is 18.2. The smallest absolute Gasteiger partial charge is 0.224 e. The Balaban J connectivity index is 1.35. The molecule has 142 valence electrons. The fourth-order valence-corrected chi connectivity index (χ4v) is 3.87. The predicted molar refractivity (Wildman–Crippen MR) is 114 cm³/mol. The molecule has 0 atom stereocenters. The van der Waals surface area contributed by atoms with E-state index in [2.05, 4.69) is 64.4 Å². The van der Waals surface area contributed by atoms with Crippen molar-refractivity contribution in [2.24, 2.45) is 0 Å². The zero-order valence-electron chi connectivity index (χ0n) is 16.4. The van der Waals surface area contributed by atoms with Crippen molar-refractivity contribution in [3.63, 3.8) is 0 Å². The van der Waals surface area contributed by atoms with Crippen LogP contribution in [0.2, 0.25) is 0 Å². The quantitative estimate of drug-likeness (QED) is 0.505. The van der Waals surface area contributed by atoms with Crippen molar-refractivity contribution < 1.29 is 4.79 Å². The number of amides is 1. The third-order valence-corrected chi connectivity index (χ3v) is 5.40. The molecule has 4 heteroatoms. The fraction of sp³-hybridized carbons (Fsp3) is 0.250. The first-order valence-corrected chi connectivity index (χ1v) is 9.79. The van der Waals surface area contributed by atoms with Crippen molar-refractivity contribution >= 4 is 27.7 Å². The summed E-state index contributed by atoms with van der Waals surface area (Å²) in [6.07, 6.45) is 3.39. The molecule has 2 heterocycles. The number of carbonyl (C=O) groups excluding carboxylic acids is 1. The first-order chi connectivity index (χ1) is 13.6. The van der Waals surface area contributed by atoms with E-state index in [9.17, 15) is 4.79 Å². The van der Waals surface area contributed by atoms with E-state index >= 15 is 0 Å². The van der Waals surface area contributed by atoms with Crippen LogP contribution in [0.1, 0.15) is 23.2 Å². The number of pyridine rings is 1. The van der Waals surface area contributed by atoms with Gasteiger partial charge in [0.2, 0.25) is 5.91 Å². The van der Waals surface area contributed by atoms with Crippen molar-refractivity contribution in [1.29, 1.82) is 0 Å². The number of nitrogens with one attached hydrogen (secondary N) is 1. The lowest BCUT2D eigenvalue weighted by Gasteiger charge is -2.13. The van der Waals surface area contributed by atoms with Gasteiger partial charge in [0.25, 0.3) is 0 Å². The molecule has 0 fully saturated rings. The van der Waals surface area contributed by atoms with E-state index < -0.39 is 0 Å². The van der Waals surface area contributed by atoms with Gasteiger partial charge in [-0.3, -0.25) is 9.78 Å². The number of carbonyl (C=O) groups is 1. The van der Waals surface area contributed by atoms with Gasteiger partial charge in [-0.25, -0.2) is 0 Å². The van der Waals surface area contributed by atoms with E-state index in [0.29, 0.717) is 13.0 Å². The van der Waals surface area contributed by atoms with E-state index in [-0.39, 0.29) is 5.91 Å². The van der Waals surface area contributed by atoms with Crippen LogP contribution < -0.4 is 5.32 Å². The summed E-state index contributed by atoms with van der Waals surface area (Å²) in [4.78, 5) is 17.1. The Bertz CT molecular complexity index is 1140. The highest BCUT2D eigenvalue weighted by atomic mass is 16.1. The van der Waals surface area contributed by atoms with E-state index in [0.717, 1.165) is 40.7 Å². The highest BCUT2D eigenvalue weighted by Crippen LogP contribution is 2.22. The topological polar surface area (TPSA) is 46.9 Å². The van der Waals surface area contributed by atoms with Crippen LogP contribution in [0.5, 0.6) is 0 Å². The zero-order chi connectivity index (χ0) is 19.5. The van der Waals surface area contributed by atoms with E-state index in [1.807, 2.05) is 25.1 Å². The van der Waals surface area contributed by atoms with Gasteiger partial charge >= 0.3 is 0 Å². The second-order valence-electron chi connectivity index (χ2n) is 7.27. The molecule has 0 aliphatic heterocycles. The molecule has 0 saturated heterocycles. The van der Waals surface area contributed by atoms with Gasteiger partial charge in [-0.1, -0.05) is 36.4 Å². The first-order valence-electron chi connectivity index (χ1n) is 9.79. The average molecular weight is 371 g/mol. The predicted octanol–water partition coefficient (Wildman–Crippen LogP) is 4.56. The largest absolute Gasteiger partial charge is 0.356 e. The maximum atomic E-state index is 12.5. The summed E-state index contributed by atoms with van der Waals surface area (Å²) in [7, 11) is 0. The summed E-state index contributed by atoms with van der Waals surface area (Å²) >= 11 is 0. The summed E-state index contributed by atoms with van der Waals surface area (Å²) < 4.78 is 2.24. The van der Waals surface area contributed by atoms with Gasteiger partial charge < -0.3 is 9.88 Å². The molecule has 0 saturated carbocycles. The van der Waals surface area contributed by atoms with Crippen molar-refractivity contribution in [2.45, 2.75) is 33.2 Å². The van der Waals surface area contributed by atoms with Crippen molar-refractivity contribution in [3.8, 4) is 0 Å². The zero-order valence-corrected chi connectivity index (χ0v) is 16.4. The molecule has 0 bridgehead atoms. The Kier molecular flexibility index (Phi) is 5.11. The minimum atomic E-state index is 0.0562. The molecule has 1 N–H and O–H groups in total. The van der Waals surface area contributed by atoms with Crippen molar-refractivity contribution in [2.75, 3.05) is 6.54 Å². The molecule has 1 amide bonds. The maximum Gasteiger partial charge on any atom is 0.224 e. The normalized spacial score (nSPS) is 11.2. The van der Waals surface area contributed by atoms with Gasteiger partial charge in [0.15, 0.2) is 0 Å². The number of aromatic nitrogens is 2. The molecule has 4 rings (SSSR count). The van der Waals surface area contributed by atoms with Gasteiger partial charge in [0.05, 0.1) is 11.9 Å². The molecule has 0 aliphatic rings. The van der Waals surface area contributed by atoms with E-state index in [4.69, 9.17) is 0 Å². The van der Waals surface area contributed by atoms with Crippen molar-refractivity contribution in [3.05, 3.63) is 77.6 Å². The Morgan fingerprint density at radius 1 is 1.04 bits per heavy atom. The number of nitrogens with zero attached hydrogens (tertiary/aromatic N) is 2. The minimum Gasteiger partial charge on any atom is -0.356 e. The number of para-hydroxylation sites is 2. The highest BCUT2D eigenvalue weighted by Gasteiger charge is 2.12. The van der Waals surface area contributed by atoms with Gasteiger partial charge in [-0.15, -0.1) is 0 Å². The SMILES string of the molecule is Cc1nc2ccccc2c(C)c1CC(=O)NCCCn1ccc2ccccc21. The molecule has 4 nitrogen and oxygen atoms in total. The molecule has 0 unspecified atom stereocenters. The molecular weight excluding hydrogens is 346 g/mol. The maximum absolute atomic E-state index is 12.5. The Hall–Kier alpha value is -3.14. The van der Waals surface area contributed by atoms with Crippen LogP contribution >= 0.6 is 0 Å². The lowest BCUT2D eigenvalue weighted by Crippen LogP contribution is -2.27. The summed E-state index contributed by atoms with van der Waals surface area (Å²) in [6, 6.07) is 18.6. The van der Waals surface area contributed by atoms with Crippen LogP contribution in [0.3, 0.4) is 0 Å². The number of hydrogen-bond donors (Lipinski definition) is 1. The molecule has 28 heavy (non-hydrogen) atoms. The van der Waals surface area contributed by atoms with Gasteiger partial charge in [-0.2, -0.15) is 0 Å². The van der Waals surface area contributed by atoms with Crippen LogP contribution in [-0.4, -0.2) is 22.0 Å². The summed E-state index contributed by atoms with van der Waals surface area (Å²) in [5, 5.41) is 5.44. The Morgan fingerprint density at radius 2 is 1.82 bits per heavy atom.